The summed E-state index contributed by atoms with van der Waals surface area (Å²) in [4.78, 5) is 22.4. The average Bonchev–Trinajstić information content (AvgIpc) is 2.20. The monoisotopic (exact) mass is 268 g/mol. The topological polar surface area (TPSA) is 78.4 Å². The van der Waals surface area contributed by atoms with Gasteiger partial charge in [0, 0.05) is 19.0 Å². The molecular formula is C14H24N2O3. The average molecular weight is 268 g/mol. The molecule has 0 aliphatic heterocycles. The van der Waals surface area contributed by atoms with Crippen molar-refractivity contribution in [2.24, 2.45) is 5.41 Å². The van der Waals surface area contributed by atoms with Gasteiger partial charge in [-0.25, -0.2) is 4.79 Å². The van der Waals surface area contributed by atoms with Crippen LogP contribution in [0.3, 0.4) is 0 Å². The lowest BCUT2D eigenvalue weighted by Crippen LogP contribution is -2.44. The number of unbranched alkanes of at least 4 members (excludes halogenated alkanes) is 1. The highest BCUT2D eigenvalue weighted by Crippen LogP contribution is 2.22. The zero-order valence-corrected chi connectivity index (χ0v) is 12.0. The molecule has 0 saturated heterocycles. The largest absolute Gasteiger partial charge is 0.481 e. The van der Waals surface area contributed by atoms with E-state index < -0.39 is 5.97 Å². The Labute approximate surface area is 115 Å². The molecule has 0 aromatic heterocycles. The third kappa shape index (κ3) is 11.1. The van der Waals surface area contributed by atoms with E-state index in [2.05, 4.69) is 16.6 Å². The van der Waals surface area contributed by atoms with Gasteiger partial charge < -0.3 is 15.7 Å². The number of carboxylic acid groups (broad SMARTS) is 1. The summed E-state index contributed by atoms with van der Waals surface area (Å²) in [5, 5.41) is 14.2. The van der Waals surface area contributed by atoms with Gasteiger partial charge in [0.05, 0.1) is 6.42 Å². The fraction of sp³-hybridized carbons (Fsp3) is 0.714. The summed E-state index contributed by atoms with van der Waals surface area (Å²) in [5.74, 6) is 1.58. The molecule has 0 radical (unpaired) electrons. The second-order valence-corrected chi connectivity index (χ2v) is 5.77. The standard InChI is InChI=1S/C14H24N2O3/c1-5-6-7-8-15-13(19)16-11(9-12(17)18)10-14(2,3)4/h1,11H,6-10H2,2-4H3,(H,17,18)(H2,15,16,19). The Morgan fingerprint density at radius 1 is 1.37 bits per heavy atom. The van der Waals surface area contributed by atoms with Crippen LogP contribution in [0.15, 0.2) is 0 Å². The molecule has 3 N–H and O–H groups in total. The predicted molar refractivity (Wildman–Crippen MR) is 74.7 cm³/mol. The molecule has 1 unspecified atom stereocenters. The van der Waals surface area contributed by atoms with Crippen molar-refractivity contribution in [1.29, 1.82) is 0 Å². The van der Waals surface area contributed by atoms with E-state index in [9.17, 15) is 9.59 Å². The summed E-state index contributed by atoms with van der Waals surface area (Å²) in [6, 6.07) is -0.711. The number of hydrogen-bond acceptors (Lipinski definition) is 2. The first-order valence-corrected chi connectivity index (χ1v) is 6.44. The summed E-state index contributed by atoms with van der Waals surface area (Å²) in [5.41, 5.74) is -0.0448. The van der Waals surface area contributed by atoms with Crippen LogP contribution >= 0.6 is 0 Å². The highest BCUT2D eigenvalue weighted by Gasteiger charge is 2.22. The van der Waals surface area contributed by atoms with Crippen molar-refractivity contribution in [2.45, 2.75) is 52.5 Å². The molecule has 1 atom stereocenters. The lowest BCUT2D eigenvalue weighted by atomic mass is 9.87. The van der Waals surface area contributed by atoms with E-state index in [1.54, 1.807) is 0 Å². The van der Waals surface area contributed by atoms with E-state index in [1.165, 1.54) is 0 Å². The molecule has 19 heavy (non-hydrogen) atoms. The fourth-order valence-electron chi connectivity index (χ4n) is 1.75. The maximum atomic E-state index is 11.6. The molecule has 0 saturated carbocycles. The van der Waals surface area contributed by atoms with E-state index in [1.807, 2.05) is 20.8 Å². The minimum Gasteiger partial charge on any atom is -0.481 e. The van der Waals surface area contributed by atoms with Crippen LogP contribution in [0, 0.1) is 17.8 Å². The molecule has 0 rings (SSSR count). The van der Waals surface area contributed by atoms with Crippen molar-refractivity contribution in [3.63, 3.8) is 0 Å². The Kier molecular flexibility index (Phi) is 7.66. The van der Waals surface area contributed by atoms with Gasteiger partial charge in [-0.3, -0.25) is 4.79 Å². The number of carbonyl (C=O) groups excluding carboxylic acids is 1. The number of aliphatic carboxylic acids is 1. The molecular weight excluding hydrogens is 244 g/mol. The predicted octanol–water partition coefficient (Wildman–Crippen LogP) is 1.98. The molecule has 0 bridgehead atoms. The van der Waals surface area contributed by atoms with Gasteiger partial charge >= 0.3 is 12.0 Å². The molecule has 2 amide bonds. The molecule has 5 nitrogen and oxygen atoms in total. The van der Waals surface area contributed by atoms with Crippen molar-refractivity contribution in [3.05, 3.63) is 0 Å². The lowest BCUT2D eigenvalue weighted by Gasteiger charge is -2.25. The molecule has 0 fully saturated rings. The smallest absolute Gasteiger partial charge is 0.315 e. The number of carbonyl (C=O) groups is 2. The number of rotatable bonds is 7. The second kappa shape index (κ2) is 8.41. The van der Waals surface area contributed by atoms with Gasteiger partial charge in [-0.2, -0.15) is 0 Å². The Morgan fingerprint density at radius 3 is 2.47 bits per heavy atom. The molecule has 0 aromatic rings. The van der Waals surface area contributed by atoms with E-state index in [0.29, 0.717) is 25.8 Å². The highest BCUT2D eigenvalue weighted by atomic mass is 16.4. The quantitative estimate of drug-likeness (QED) is 0.488. The highest BCUT2D eigenvalue weighted by molar-refractivity contribution is 5.75. The fourth-order valence-corrected chi connectivity index (χ4v) is 1.75. The summed E-state index contributed by atoms with van der Waals surface area (Å²) in [6.45, 7) is 6.52. The maximum Gasteiger partial charge on any atom is 0.315 e. The summed E-state index contributed by atoms with van der Waals surface area (Å²) >= 11 is 0. The Bertz CT molecular complexity index is 340. The third-order valence-corrected chi connectivity index (χ3v) is 2.40. The van der Waals surface area contributed by atoms with Crippen molar-refractivity contribution in [1.82, 2.24) is 10.6 Å². The van der Waals surface area contributed by atoms with Gasteiger partial charge in [0.1, 0.15) is 0 Å². The number of urea groups is 1. The number of amides is 2. The van der Waals surface area contributed by atoms with Crippen molar-refractivity contribution in [2.75, 3.05) is 6.54 Å². The summed E-state index contributed by atoms with van der Waals surface area (Å²) in [6.07, 6.45) is 6.97. The lowest BCUT2D eigenvalue weighted by molar-refractivity contribution is -0.137. The van der Waals surface area contributed by atoms with Gasteiger partial charge in [-0.15, -0.1) is 12.3 Å². The first-order valence-electron chi connectivity index (χ1n) is 6.44. The first-order chi connectivity index (χ1) is 8.74. The van der Waals surface area contributed by atoms with E-state index >= 15 is 0 Å². The number of hydrogen-bond donors (Lipinski definition) is 3. The number of nitrogens with one attached hydrogen (secondary N) is 2. The molecule has 5 heteroatoms. The van der Waals surface area contributed by atoms with Crippen LogP contribution < -0.4 is 10.6 Å². The van der Waals surface area contributed by atoms with Gasteiger partial charge in [0.25, 0.3) is 0 Å². The number of carboxylic acids is 1. The minimum absolute atomic E-state index is 0.0448. The van der Waals surface area contributed by atoms with Crippen LogP contribution in [-0.2, 0) is 4.79 Å². The normalized spacial score (nSPS) is 12.3. The van der Waals surface area contributed by atoms with Crippen LogP contribution in [-0.4, -0.2) is 29.7 Å². The van der Waals surface area contributed by atoms with Crippen LogP contribution in [0.1, 0.15) is 46.5 Å². The van der Waals surface area contributed by atoms with Gasteiger partial charge in [0.15, 0.2) is 0 Å². The third-order valence-electron chi connectivity index (χ3n) is 2.40. The van der Waals surface area contributed by atoms with Crippen LogP contribution in [0.5, 0.6) is 0 Å². The Hall–Kier alpha value is -1.70. The molecule has 0 heterocycles. The summed E-state index contributed by atoms with van der Waals surface area (Å²) in [7, 11) is 0. The Morgan fingerprint density at radius 2 is 2.00 bits per heavy atom. The van der Waals surface area contributed by atoms with E-state index in [-0.39, 0.29) is 23.9 Å². The van der Waals surface area contributed by atoms with Crippen LogP contribution in [0.2, 0.25) is 0 Å². The molecule has 0 aliphatic carbocycles. The zero-order valence-electron chi connectivity index (χ0n) is 12.0. The van der Waals surface area contributed by atoms with Crippen molar-refractivity contribution >= 4 is 12.0 Å². The molecule has 0 aliphatic rings. The van der Waals surface area contributed by atoms with Gasteiger partial charge in [0.2, 0.25) is 0 Å². The van der Waals surface area contributed by atoms with E-state index in [0.717, 1.165) is 0 Å². The first kappa shape index (κ1) is 17.3. The SMILES string of the molecule is C#CCCCNC(=O)NC(CC(=O)O)CC(C)(C)C. The van der Waals surface area contributed by atoms with Crippen molar-refractivity contribution < 1.29 is 14.7 Å². The van der Waals surface area contributed by atoms with E-state index in [4.69, 9.17) is 11.5 Å². The van der Waals surface area contributed by atoms with Crippen LogP contribution in [0.25, 0.3) is 0 Å². The minimum atomic E-state index is -0.915. The van der Waals surface area contributed by atoms with Crippen molar-refractivity contribution in [3.8, 4) is 12.3 Å². The van der Waals surface area contributed by atoms with Gasteiger partial charge in [-0.1, -0.05) is 20.8 Å². The Balaban J connectivity index is 4.20. The second-order valence-electron chi connectivity index (χ2n) is 5.77. The maximum absolute atomic E-state index is 11.6. The van der Waals surface area contributed by atoms with Crippen LogP contribution in [0.4, 0.5) is 4.79 Å². The molecule has 0 aromatic carbocycles. The molecule has 0 spiro atoms. The molecule has 108 valence electrons. The van der Waals surface area contributed by atoms with Gasteiger partial charge in [-0.05, 0) is 18.3 Å². The zero-order chi connectivity index (χ0) is 14.9. The summed E-state index contributed by atoms with van der Waals surface area (Å²) < 4.78 is 0. The number of terminal acetylenes is 1.